The largest absolute Gasteiger partial charge is 0.508 e. The lowest BCUT2D eigenvalue weighted by Gasteiger charge is -2.15. The molecule has 2 heteroatoms. The highest BCUT2D eigenvalue weighted by Gasteiger charge is 2.07. The van der Waals surface area contributed by atoms with Gasteiger partial charge in [0.15, 0.2) is 0 Å². The summed E-state index contributed by atoms with van der Waals surface area (Å²) in [6.07, 6.45) is 3.28. The Morgan fingerprint density at radius 1 is 1.27 bits per heavy atom. The minimum atomic E-state index is 0.447. The monoisotopic (exact) mass is 207 g/mol. The summed E-state index contributed by atoms with van der Waals surface area (Å²) in [6, 6.07) is 5.80. The van der Waals surface area contributed by atoms with Gasteiger partial charge in [0.25, 0.3) is 0 Å². The maximum atomic E-state index is 9.81. The molecule has 0 bridgehead atoms. The Morgan fingerprint density at radius 2 is 2.00 bits per heavy atom. The fourth-order valence-corrected chi connectivity index (χ4v) is 1.75. The molecule has 1 rings (SSSR count). The molecule has 84 valence electrons. The van der Waals surface area contributed by atoms with Crippen molar-refractivity contribution in [1.82, 2.24) is 4.90 Å². The molecule has 0 aliphatic carbocycles. The van der Waals surface area contributed by atoms with Gasteiger partial charge in [0.2, 0.25) is 0 Å². The van der Waals surface area contributed by atoms with E-state index in [1.54, 1.807) is 6.07 Å². The maximum absolute atomic E-state index is 9.81. The summed E-state index contributed by atoms with van der Waals surface area (Å²) in [5.41, 5.74) is 2.36. The molecule has 0 heterocycles. The molecule has 1 aromatic rings. The summed E-state index contributed by atoms with van der Waals surface area (Å²) < 4.78 is 0. The summed E-state index contributed by atoms with van der Waals surface area (Å²) in [5, 5.41) is 9.81. The van der Waals surface area contributed by atoms with Gasteiger partial charge in [0.1, 0.15) is 5.75 Å². The first-order valence-electron chi connectivity index (χ1n) is 5.59. The van der Waals surface area contributed by atoms with E-state index in [2.05, 4.69) is 17.9 Å². The molecule has 1 N–H and O–H groups in total. The van der Waals surface area contributed by atoms with E-state index in [1.165, 1.54) is 5.56 Å². The minimum Gasteiger partial charge on any atom is -0.508 e. The number of phenols is 1. The van der Waals surface area contributed by atoms with Gasteiger partial charge in [-0.3, -0.25) is 0 Å². The molecule has 15 heavy (non-hydrogen) atoms. The quantitative estimate of drug-likeness (QED) is 0.802. The van der Waals surface area contributed by atoms with Crippen LogP contribution < -0.4 is 0 Å². The van der Waals surface area contributed by atoms with Crippen molar-refractivity contribution in [3.05, 3.63) is 29.3 Å². The van der Waals surface area contributed by atoms with E-state index in [-0.39, 0.29) is 0 Å². The highest BCUT2D eigenvalue weighted by molar-refractivity contribution is 5.39. The van der Waals surface area contributed by atoms with Crippen LogP contribution in [0.2, 0.25) is 0 Å². The van der Waals surface area contributed by atoms with E-state index >= 15 is 0 Å². The van der Waals surface area contributed by atoms with Gasteiger partial charge in [-0.1, -0.05) is 25.5 Å². The molecule has 0 aromatic heterocycles. The van der Waals surface area contributed by atoms with E-state index in [9.17, 15) is 5.11 Å². The third kappa shape index (κ3) is 3.56. The lowest BCUT2D eigenvalue weighted by atomic mass is 10.0. The Kier molecular flexibility index (Phi) is 4.63. The number of rotatable bonds is 5. The van der Waals surface area contributed by atoms with Gasteiger partial charge in [0.05, 0.1) is 0 Å². The number of unbranched alkanes of at least 4 members (excludes halogenated alkanes) is 1. The molecule has 0 fully saturated rings. The van der Waals surface area contributed by atoms with Crippen molar-refractivity contribution >= 4 is 0 Å². The molecule has 0 aliphatic rings. The Balaban J connectivity index is 2.87. The SMILES string of the molecule is CCCCc1c(O)cccc1CN(C)C. The molecule has 0 amide bonds. The van der Waals surface area contributed by atoms with E-state index in [1.807, 2.05) is 20.2 Å². The summed E-state index contributed by atoms with van der Waals surface area (Å²) >= 11 is 0. The Labute approximate surface area is 92.5 Å². The lowest BCUT2D eigenvalue weighted by Crippen LogP contribution is -2.12. The first-order chi connectivity index (χ1) is 7.15. The molecule has 1 aromatic carbocycles. The summed E-state index contributed by atoms with van der Waals surface area (Å²) in [6.45, 7) is 3.07. The molecule has 0 unspecified atom stereocenters. The second-order valence-electron chi connectivity index (χ2n) is 4.26. The number of hydrogen-bond donors (Lipinski definition) is 1. The van der Waals surface area contributed by atoms with Crippen molar-refractivity contribution in [3.63, 3.8) is 0 Å². The van der Waals surface area contributed by atoms with Crippen molar-refractivity contribution in [2.24, 2.45) is 0 Å². The van der Waals surface area contributed by atoms with Gasteiger partial charge in [0, 0.05) is 6.54 Å². The van der Waals surface area contributed by atoms with Crippen LogP contribution in [0.5, 0.6) is 5.75 Å². The highest BCUT2D eigenvalue weighted by atomic mass is 16.3. The first kappa shape index (κ1) is 12.1. The van der Waals surface area contributed by atoms with Gasteiger partial charge >= 0.3 is 0 Å². The number of hydrogen-bond acceptors (Lipinski definition) is 2. The highest BCUT2D eigenvalue weighted by Crippen LogP contribution is 2.23. The zero-order valence-corrected chi connectivity index (χ0v) is 9.95. The fourth-order valence-electron chi connectivity index (χ4n) is 1.75. The van der Waals surface area contributed by atoms with Gasteiger partial charge in [-0.2, -0.15) is 0 Å². The molecule has 0 atom stereocenters. The predicted octanol–water partition coefficient (Wildman–Crippen LogP) is 2.80. The van der Waals surface area contributed by atoms with Crippen molar-refractivity contribution in [2.45, 2.75) is 32.7 Å². The molecule has 0 saturated heterocycles. The first-order valence-corrected chi connectivity index (χ1v) is 5.59. The van der Waals surface area contributed by atoms with Crippen LogP contribution in [0.15, 0.2) is 18.2 Å². The minimum absolute atomic E-state index is 0.447. The summed E-state index contributed by atoms with van der Waals surface area (Å²) in [4.78, 5) is 2.13. The Hall–Kier alpha value is -1.02. The average molecular weight is 207 g/mol. The fraction of sp³-hybridized carbons (Fsp3) is 0.538. The van der Waals surface area contributed by atoms with Crippen molar-refractivity contribution in [3.8, 4) is 5.75 Å². The Bertz CT molecular complexity index is 307. The van der Waals surface area contributed by atoms with Gasteiger partial charge in [-0.25, -0.2) is 0 Å². The summed E-state index contributed by atoms with van der Waals surface area (Å²) in [5.74, 6) is 0.447. The number of nitrogens with zero attached hydrogens (tertiary/aromatic N) is 1. The zero-order chi connectivity index (χ0) is 11.3. The van der Waals surface area contributed by atoms with Crippen LogP contribution in [-0.2, 0) is 13.0 Å². The molecule has 0 spiro atoms. The lowest BCUT2D eigenvalue weighted by molar-refractivity contribution is 0.397. The predicted molar refractivity (Wildman–Crippen MR) is 64.1 cm³/mol. The average Bonchev–Trinajstić information content (AvgIpc) is 2.16. The maximum Gasteiger partial charge on any atom is 0.119 e. The third-order valence-corrected chi connectivity index (χ3v) is 2.52. The molecular weight excluding hydrogens is 186 g/mol. The second kappa shape index (κ2) is 5.76. The van der Waals surface area contributed by atoms with Crippen LogP contribution in [0.4, 0.5) is 0 Å². The molecule has 0 aliphatic heterocycles. The topological polar surface area (TPSA) is 23.5 Å². The standard InChI is InChI=1S/C13H21NO/c1-4-5-8-12-11(10-14(2)3)7-6-9-13(12)15/h6-7,9,15H,4-5,8,10H2,1-3H3. The number of aromatic hydroxyl groups is 1. The van der Waals surface area contributed by atoms with Crippen LogP contribution in [0, 0.1) is 0 Å². The van der Waals surface area contributed by atoms with Crippen molar-refractivity contribution in [2.75, 3.05) is 14.1 Å². The number of phenolic OH excluding ortho intramolecular Hbond substituents is 1. The molecule has 2 nitrogen and oxygen atoms in total. The molecule has 0 saturated carbocycles. The summed E-state index contributed by atoms with van der Waals surface area (Å²) in [7, 11) is 4.10. The van der Waals surface area contributed by atoms with E-state index in [0.717, 1.165) is 31.4 Å². The normalized spacial score (nSPS) is 10.9. The van der Waals surface area contributed by atoms with Crippen LogP contribution >= 0.6 is 0 Å². The van der Waals surface area contributed by atoms with Crippen molar-refractivity contribution < 1.29 is 5.11 Å². The van der Waals surface area contributed by atoms with Crippen LogP contribution in [0.3, 0.4) is 0 Å². The van der Waals surface area contributed by atoms with Crippen LogP contribution in [0.1, 0.15) is 30.9 Å². The van der Waals surface area contributed by atoms with Gasteiger partial charge < -0.3 is 10.0 Å². The zero-order valence-electron chi connectivity index (χ0n) is 9.95. The van der Waals surface area contributed by atoms with E-state index in [4.69, 9.17) is 0 Å². The van der Waals surface area contributed by atoms with Crippen LogP contribution in [0.25, 0.3) is 0 Å². The third-order valence-electron chi connectivity index (χ3n) is 2.52. The molecule has 0 radical (unpaired) electrons. The van der Waals surface area contributed by atoms with Gasteiger partial charge in [-0.05, 0) is 44.1 Å². The van der Waals surface area contributed by atoms with Crippen molar-refractivity contribution in [1.29, 1.82) is 0 Å². The molecular formula is C13H21NO. The Morgan fingerprint density at radius 3 is 2.60 bits per heavy atom. The number of benzene rings is 1. The second-order valence-corrected chi connectivity index (χ2v) is 4.26. The van der Waals surface area contributed by atoms with E-state index < -0.39 is 0 Å². The van der Waals surface area contributed by atoms with Crippen LogP contribution in [-0.4, -0.2) is 24.1 Å². The van der Waals surface area contributed by atoms with E-state index in [0.29, 0.717) is 5.75 Å². The van der Waals surface area contributed by atoms with Gasteiger partial charge in [-0.15, -0.1) is 0 Å². The smallest absolute Gasteiger partial charge is 0.119 e.